The van der Waals surface area contributed by atoms with Gasteiger partial charge < -0.3 is 19.9 Å². The van der Waals surface area contributed by atoms with Crippen molar-refractivity contribution in [3.05, 3.63) is 88.2 Å². The highest BCUT2D eigenvalue weighted by molar-refractivity contribution is 9.10. The average molecular weight is 497 g/mol. The molecule has 5 rings (SSSR count). The zero-order valence-electron chi connectivity index (χ0n) is 18.6. The van der Waals surface area contributed by atoms with Crippen molar-refractivity contribution in [1.29, 1.82) is 0 Å². The second-order valence-electron chi connectivity index (χ2n) is 8.13. The number of aromatic nitrogens is 1. The molecule has 2 aliphatic rings. The molecule has 0 radical (unpaired) electrons. The minimum Gasteiger partial charge on any atom is -0.495 e. The molecule has 5 nitrogen and oxygen atoms in total. The fourth-order valence-corrected chi connectivity index (χ4v) is 5.28. The third-order valence-corrected chi connectivity index (χ3v) is 7.04. The maximum absolute atomic E-state index is 12.2. The van der Waals surface area contributed by atoms with Gasteiger partial charge in [0.1, 0.15) is 17.1 Å². The molecule has 3 aromatic rings. The van der Waals surface area contributed by atoms with Gasteiger partial charge in [0.05, 0.1) is 25.1 Å². The Balaban J connectivity index is 0.000000567. The summed E-state index contributed by atoms with van der Waals surface area (Å²) in [7, 11) is 3.53. The first-order chi connectivity index (χ1) is 15.5. The molecule has 1 aliphatic heterocycles. The van der Waals surface area contributed by atoms with Crippen LogP contribution >= 0.6 is 15.9 Å². The van der Waals surface area contributed by atoms with E-state index in [0.717, 1.165) is 28.6 Å². The van der Waals surface area contributed by atoms with Crippen LogP contribution in [-0.4, -0.2) is 30.8 Å². The van der Waals surface area contributed by atoms with E-state index >= 15 is 0 Å². The largest absolute Gasteiger partial charge is 0.495 e. The lowest BCUT2D eigenvalue weighted by Crippen LogP contribution is -2.48. The molecule has 6 heteroatoms. The van der Waals surface area contributed by atoms with Crippen molar-refractivity contribution >= 4 is 15.9 Å². The number of nitrogens with one attached hydrogen (secondary N) is 1. The summed E-state index contributed by atoms with van der Waals surface area (Å²) < 4.78 is 13.2. The molecule has 0 amide bonds. The zero-order valence-corrected chi connectivity index (χ0v) is 20.2. The van der Waals surface area contributed by atoms with Crippen molar-refractivity contribution in [1.82, 2.24) is 10.3 Å². The minimum absolute atomic E-state index is 0.00279. The maximum Gasteiger partial charge on any atom is 0.174 e. The molecule has 1 aliphatic carbocycles. The van der Waals surface area contributed by atoms with E-state index in [1.165, 1.54) is 0 Å². The fourth-order valence-electron chi connectivity index (χ4n) is 5.02. The second-order valence-corrected chi connectivity index (χ2v) is 9.04. The van der Waals surface area contributed by atoms with E-state index in [9.17, 15) is 5.11 Å². The van der Waals surface area contributed by atoms with E-state index in [4.69, 9.17) is 9.47 Å². The lowest BCUT2D eigenvalue weighted by atomic mass is 9.72. The Hall–Kier alpha value is -2.41. The number of methoxy groups -OCH3 is 1. The molecular weight excluding hydrogens is 468 g/mol. The molecule has 1 saturated carbocycles. The number of rotatable bonds is 4. The molecule has 1 fully saturated rings. The van der Waals surface area contributed by atoms with Crippen molar-refractivity contribution < 1.29 is 14.6 Å². The van der Waals surface area contributed by atoms with Gasteiger partial charge in [0, 0.05) is 10.4 Å². The van der Waals surface area contributed by atoms with Crippen molar-refractivity contribution in [2.24, 2.45) is 0 Å². The third kappa shape index (κ3) is 3.51. The van der Waals surface area contributed by atoms with Crippen LogP contribution in [-0.2, 0) is 11.2 Å². The van der Waals surface area contributed by atoms with Gasteiger partial charge in [-0.15, -0.1) is 0 Å². The monoisotopic (exact) mass is 496 g/mol. The number of pyridine rings is 1. The van der Waals surface area contributed by atoms with Crippen molar-refractivity contribution in [2.75, 3.05) is 20.7 Å². The number of nitrogens with zero attached hydrogens (tertiary/aromatic N) is 1. The Bertz CT molecular complexity index is 1060. The first-order valence-corrected chi connectivity index (χ1v) is 11.7. The van der Waals surface area contributed by atoms with Gasteiger partial charge >= 0.3 is 0 Å². The average Bonchev–Trinajstić information content (AvgIpc) is 3.27. The number of halogens is 1. The highest BCUT2D eigenvalue weighted by Crippen LogP contribution is 2.67. The maximum atomic E-state index is 12.2. The molecule has 0 bridgehead atoms. The molecule has 0 saturated heterocycles. The second kappa shape index (κ2) is 9.22. The minimum atomic E-state index is -1.20. The van der Waals surface area contributed by atoms with Crippen LogP contribution in [0.1, 0.15) is 42.4 Å². The van der Waals surface area contributed by atoms with Gasteiger partial charge in [-0.2, -0.15) is 0 Å². The van der Waals surface area contributed by atoms with Crippen LogP contribution in [0.3, 0.4) is 0 Å². The van der Waals surface area contributed by atoms with Crippen LogP contribution < -0.4 is 14.8 Å². The van der Waals surface area contributed by atoms with Crippen LogP contribution in [0, 0.1) is 0 Å². The molecule has 32 heavy (non-hydrogen) atoms. The summed E-state index contributed by atoms with van der Waals surface area (Å²) in [6.45, 7) is 3.14. The van der Waals surface area contributed by atoms with Gasteiger partial charge in [-0.05, 0) is 49.7 Å². The lowest BCUT2D eigenvalue weighted by molar-refractivity contribution is -0.106. The summed E-state index contributed by atoms with van der Waals surface area (Å²) in [5.41, 5.74) is 0.661. The number of hydrogen-bond acceptors (Lipinski definition) is 5. The summed E-state index contributed by atoms with van der Waals surface area (Å²) in [6, 6.07) is 18.3. The van der Waals surface area contributed by atoms with Gasteiger partial charge in [-0.3, -0.25) is 4.98 Å². The molecule has 0 spiro atoms. The molecular formula is C26H29BrN2O3. The molecule has 2 aromatic carbocycles. The Morgan fingerprint density at radius 2 is 1.84 bits per heavy atom. The molecule has 2 N–H and O–H groups in total. The summed E-state index contributed by atoms with van der Waals surface area (Å²) in [6.07, 6.45) is 4.71. The Kier molecular flexibility index (Phi) is 6.56. The number of fused-ring (bicyclic) bond motifs is 3. The van der Waals surface area contributed by atoms with Gasteiger partial charge in [0.15, 0.2) is 5.60 Å². The van der Waals surface area contributed by atoms with Crippen LogP contribution in [0.2, 0.25) is 0 Å². The van der Waals surface area contributed by atoms with E-state index < -0.39 is 11.2 Å². The molecule has 0 unspecified atom stereocenters. The standard InChI is InChI=1S/C23H20BrNO3.C3H9N/c1-27-19-13-25-14-20-21(19)22(26)12-11-18(15-5-3-2-4-6-15)23(22,28-20)16-7-9-17(24)10-8-16;1-3-4-2/h2-10,13-14,18,26H,11-12H2,1H3;4H,3H2,1-2H3/t18-,22+,23-;/m0./s1. The predicted octanol–water partition coefficient (Wildman–Crippen LogP) is 5.13. The summed E-state index contributed by atoms with van der Waals surface area (Å²) in [4.78, 5) is 4.25. The van der Waals surface area contributed by atoms with Crippen LogP contribution in [0.15, 0.2) is 71.5 Å². The van der Waals surface area contributed by atoms with Crippen molar-refractivity contribution in [3.8, 4) is 11.5 Å². The van der Waals surface area contributed by atoms with Gasteiger partial charge in [-0.25, -0.2) is 0 Å². The molecule has 168 valence electrons. The summed E-state index contributed by atoms with van der Waals surface area (Å²) in [5.74, 6) is 1.15. The van der Waals surface area contributed by atoms with E-state index in [1.54, 1.807) is 19.5 Å². The van der Waals surface area contributed by atoms with Crippen molar-refractivity contribution in [2.45, 2.75) is 36.9 Å². The first kappa shape index (κ1) is 22.8. The topological polar surface area (TPSA) is 63.6 Å². The Morgan fingerprint density at radius 3 is 2.47 bits per heavy atom. The normalized spacial score (nSPS) is 25.2. The van der Waals surface area contributed by atoms with Crippen LogP contribution in [0.4, 0.5) is 0 Å². The van der Waals surface area contributed by atoms with Gasteiger partial charge in [-0.1, -0.05) is 65.3 Å². The lowest BCUT2D eigenvalue weighted by Gasteiger charge is -2.40. The fraction of sp³-hybridized carbons (Fsp3) is 0.346. The SMILES string of the molecule is CCNC.COc1cncc2c1[C@]1(O)CC[C@@H](c3ccccc3)[C@]1(c1ccc(Br)cc1)O2. The van der Waals surface area contributed by atoms with Gasteiger partial charge in [0.2, 0.25) is 0 Å². The van der Waals surface area contributed by atoms with Crippen LogP contribution in [0.25, 0.3) is 0 Å². The van der Waals surface area contributed by atoms with E-state index in [2.05, 4.69) is 45.3 Å². The van der Waals surface area contributed by atoms with E-state index in [0.29, 0.717) is 23.5 Å². The van der Waals surface area contributed by atoms with Crippen LogP contribution in [0.5, 0.6) is 11.5 Å². The third-order valence-electron chi connectivity index (χ3n) is 6.51. The molecule has 3 atom stereocenters. The molecule has 2 heterocycles. The number of aliphatic hydroxyl groups is 1. The predicted molar refractivity (Wildman–Crippen MR) is 129 cm³/mol. The smallest absolute Gasteiger partial charge is 0.174 e. The van der Waals surface area contributed by atoms with Gasteiger partial charge in [0.25, 0.3) is 0 Å². The zero-order chi connectivity index (χ0) is 22.8. The number of hydrogen-bond donors (Lipinski definition) is 2. The Labute approximate surface area is 197 Å². The highest BCUT2D eigenvalue weighted by Gasteiger charge is 2.69. The van der Waals surface area contributed by atoms with Crippen molar-refractivity contribution in [3.63, 3.8) is 0 Å². The highest BCUT2D eigenvalue weighted by atomic mass is 79.9. The molecule has 1 aromatic heterocycles. The van der Waals surface area contributed by atoms with E-state index in [1.807, 2.05) is 49.5 Å². The Morgan fingerprint density at radius 1 is 1.16 bits per heavy atom. The summed E-state index contributed by atoms with van der Waals surface area (Å²) in [5, 5.41) is 15.1. The summed E-state index contributed by atoms with van der Waals surface area (Å²) >= 11 is 3.52. The number of ether oxygens (including phenoxy) is 2. The first-order valence-electron chi connectivity index (χ1n) is 10.9. The van der Waals surface area contributed by atoms with E-state index in [-0.39, 0.29) is 5.92 Å². The number of benzene rings is 2. The quantitative estimate of drug-likeness (QED) is 0.523.